The molecule has 2 fully saturated rings. The van der Waals surface area contributed by atoms with Gasteiger partial charge in [0.15, 0.2) is 5.78 Å². The molecule has 7 heteroatoms. The first-order chi connectivity index (χ1) is 19.6. The molecule has 0 bridgehead atoms. The molecule has 4 aromatic rings. The van der Waals surface area contributed by atoms with Crippen LogP contribution in [0.1, 0.15) is 97.5 Å². The van der Waals surface area contributed by atoms with Crippen LogP contribution >= 0.6 is 31.9 Å². The number of imidazole rings is 2. The molecule has 0 N–H and O–H groups in total. The van der Waals surface area contributed by atoms with Gasteiger partial charge in [-0.3, -0.25) is 4.79 Å². The second-order valence-electron chi connectivity index (χ2n) is 11.5. The predicted molar refractivity (Wildman–Crippen MR) is 166 cm³/mol. The van der Waals surface area contributed by atoms with Crippen LogP contribution in [0.15, 0.2) is 86.0 Å². The number of nitrogens with zero attached hydrogens (tertiary/aromatic N) is 4. The lowest BCUT2D eigenvalue weighted by Crippen LogP contribution is -2.29. The van der Waals surface area contributed by atoms with Crippen LogP contribution in [0.25, 0.3) is 0 Å². The number of benzene rings is 2. The molecule has 2 heterocycles. The van der Waals surface area contributed by atoms with Gasteiger partial charge in [-0.15, -0.1) is 0 Å². The Morgan fingerprint density at radius 3 is 1.45 bits per heavy atom. The van der Waals surface area contributed by atoms with Gasteiger partial charge in [-0.1, -0.05) is 93.2 Å². The Hall–Kier alpha value is -2.51. The van der Waals surface area contributed by atoms with Crippen molar-refractivity contribution >= 4 is 37.6 Å². The number of alkyl halides is 2. The summed E-state index contributed by atoms with van der Waals surface area (Å²) in [6.07, 6.45) is 20.6. The van der Waals surface area contributed by atoms with E-state index < -0.39 is 12.1 Å². The van der Waals surface area contributed by atoms with Crippen LogP contribution in [0, 0.1) is 0 Å². The highest BCUT2D eigenvalue weighted by atomic mass is 79.9. The third-order valence-electron chi connectivity index (χ3n) is 8.85. The molecule has 6 atom stereocenters. The minimum atomic E-state index is -0.494. The van der Waals surface area contributed by atoms with Crippen LogP contribution in [-0.4, -0.2) is 34.5 Å². The lowest BCUT2D eigenvalue weighted by atomic mass is 9.82. The quantitative estimate of drug-likeness (QED) is 0.178. The van der Waals surface area contributed by atoms with Gasteiger partial charge in [0.1, 0.15) is 12.1 Å². The largest absolute Gasteiger partial charge is 0.323 e. The van der Waals surface area contributed by atoms with E-state index in [9.17, 15) is 4.79 Å². The Labute approximate surface area is 253 Å². The van der Waals surface area contributed by atoms with E-state index in [0.29, 0.717) is 21.5 Å². The fourth-order valence-electron chi connectivity index (χ4n) is 6.73. The lowest BCUT2D eigenvalue weighted by Gasteiger charge is -2.28. The third-order valence-corrected chi connectivity index (χ3v) is 10.5. The van der Waals surface area contributed by atoms with Crippen molar-refractivity contribution < 1.29 is 4.79 Å². The van der Waals surface area contributed by atoms with Crippen molar-refractivity contribution in [3.63, 3.8) is 0 Å². The fraction of sp³-hybridized carbons (Fsp3) is 0.424. The Bertz CT molecular complexity index is 1260. The summed E-state index contributed by atoms with van der Waals surface area (Å²) in [5, 5.41) is 0. The summed E-state index contributed by atoms with van der Waals surface area (Å²) in [5.74, 6) is 1.22. The maximum absolute atomic E-state index is 14.6. The van der Waals surface area contributed by atoms with E-state index in [0.717, 1.165) is 11.1 Å². The maximum atomic E-state index is 14.6. The third kappa shape index (κ3) is 6.06. The first-order valence-corrected chi connectivity index (χ1v) is 16.4. The molecular weight excluding hydrogens is 628 g/mol. The number of carbonyl (C=O) groups is 1. The summed E-state index contributed by atoms with van der Waals surface area (Å²) in [6.45, 7) is 0. The monoisotopic (exact) mass is 662 g/mol. The Morgan fingerprint density at radius 2 is 1.10 bits per heavy atom. The summed E-state index contributed by atoms with van der Waals surface area (Å²) < 4.78 is 3.87. The van der Waals surface area contributed by atoms with Crippen molar-refractivity contribution in [1.29, 1.82) is 0 Å². The van der Waals surface area contributed by atoms with E-state index in [-0.39, 0.29) is 5.78 Å². The number of hydrogen-bond acceptors (Lipinski definition) is 3. The van der Waals surface area contributed by atoms with Crippen molar-refractivity contribution in [3.8, 4) is 0 Å². The highest BCUT2D eigenvalue weighted by Crippen LogP contribution is 2.39. The molecule has 2 saturated carbocycles. The number of halogens is 2. The molecule has 0 spiro atoms. The standard InChI is InChI=1S/C33H36Br2N4O/c34-29-5-1-3-27(19-29)23-7-11-25(12-8-23)31(38-17-15-36-21-38)33(40)32(39-18-16-37-22-39)26-13-9-24(10-14-26)28-4-2-6-30(35)20-28/h7-18,21-22,27-32H,1-6,19-20H2. The summed E-state index contributed by atoms with van der Waals surface area (Å²) in [4.78, 5) is 24.4. The van der Waals surface area contributed by atoms with Crippen LogP contribution in [0.2, 0.25) is 0 Å². The first kappa shape index (κ1) is 27.6. The Balaban J connectivity index is 1.32. The van der Waals surface area contributed by atoms with E-state index in [1.807, 2.05) is 21.5 Å². The van der Waals surface area contributed by atoms with Gasteiger partial charge in [0.2, 0.25) is 0 Å². The number of rotatable bonds is 8. The average Bonchev–Trinajstić information content (AvgIpc) is 3.70. The van der Waals surface area contributed by atoms with E-state index in [1.165, 1.54) is 62.5 Å². The van der Waals surface area contributed by atoms with Crippen LogP contribution in [0.5, 0.6) is 0 Å². The van der Waals surface area contributed by atoms with Crippen molar-refractivity contribution in [2.24, 2.45) is 0 Å². The molecule has 6 unspecified atom stereocenters. The molecule has 2 aliphatic carbocycles. The molecule has 2 aromatic carbocycles. The highest BCUT2D eigenvalue weighted by molar-refractivity contribution is 9.09. The van der Waals surface area contributed by atoms with Crippen molar-refractivity contribution in [2.75, 3.05) is 0 Å². The molecule has 2 aromatic heterocycles. The van der Waals surface area contributed by atoms with Crippen molar-refractivity contribution in [1.82, 2.24) is 19.1 Å². The van der Waals surface area contributed by atoms with Gasteiger partial charge in [-0.25, -0.2) is 9.97 Å². The number of hydrogen-bond donors (Lipinski definition) is 0. The summed E-state index contributed by atoms with van der Waals surface area (Å²) in [6, 6.07) is 16.5. The topological polar surface area (TPSA) is 52.7 Å². The smallest absolute Gasteiger partial charge is 0.187 e. The second kappa shape index (κ2) is 12.6. The molecule has 0 saturated heterocycles. The van der Waals surface area contributed by atoms with Crippen LogP contribution in [-0.2, 0) is 4.79 Å². The highest BCUT2D eigenvalue weighted by Gasteiger charge is 2.32. The van der Waals surface area contributed by atoms with Crippen LogP contribution in [0.4, 0.5) is 0 Å². The molecule has 0 amide bonds. The minimum absolute atomic E-state index is 0.0906. The van der Waals surface area contributed by atoms with E-state index >= 15 is 0 Å². The van der Waals surface area contributed by atoms with Gasteiger partial charge in [0, 0.05) is 34.4 Å². The summed E-state index contributed by atoms with van der Waals surface area (Å²) >= 11 is 7.66. The van der Waals surface area contributed by atoms with Crippen molar-refractivity contribution in [2.45, 2.75) is 84.9 Å². The summed E-state index contributed by atoms with van der Waals surface area (Å²) in [7, 11) is 0. The van der Waals surface area contributed by atoms with Gasteiger partial charge in [0.25, 0.3) is 0 Å². The van der Waals surface area contributed by atoms with Gasteiger partial charge >= 0.3 is 0 Å². The second-order valence-corrected chi connectivity index (χ2v) is 14.1. The Morgan fingerprint density at radius 1 is 0.675 bits per heavy atom. The lowest BCUT2D eigenvalue weighted by molar-refractivity contribution is -0.123. The zero-order valence-electron chi connectivity index (χ0n) is 22.7. The SMILES string of the molecule is O=C(C(c1ccc(C2CCCC(Br)C2)cc1)n1ccnc1)C(c1ccc(C2CCCC(Br)C2)cc1)n1ccnc1. The van der Waals surface area contributed by atoms with Gasteiger partial charge in [-0.2, -0.15) is 0 Å². The molecule has 40 heavy (non-hydrogen) atoms. The molecule has 0 radical (unpaired) electrons. The fourth-order valence-corrected chi connectivity index (χ4v) is 8.28. The minimum Gasteiger partial charge on any atom is -0.323 e. The molecule has 0 aliphatic heterocycles. The summed E-state index contributed by atoms with van der Waals surface area (Å²) in [5.41, 5.74) is 4.68. The Kier molecular flexibility index (Phi) is 8.68. The molecule has 6 rings (SSSR count). The van der Waals surface area contributed by atoms with E-state index in [2.05, 4.69) is 90.4 Å². The van der Waals surface area contributed by atoms with Gasteiger partial charge in [0.05, 0.1) is 12.7 Å². The molecular formula is C33H36Br2N4O. The average molecular weight is 664 g/mol. The number of carbonyl (C=O) groups excluding carboxylic acids is 1. The first-order valence-electron chi connectivity index (χ1n) is 14.5. The van der Waals surface area contributed by atoms with Crippen LogP contribution < -0.4 is 0 Å². The predicted octanol–water partition coefficient (Wildman–Crippen LogP) is 8.37. The molecule has 5 nitrogen and oxygen atoms in total. The van der Waals surface area contributed by atoms with Crippen molar-refractivity contribution in [3.05, 3.63) is 108 Å². The normalized spacial score (nSPS) is 24.9. The van der Waals surface area contributed by atoms with E-state index in [1.54, 1.807) is 25.0 Å². The molecule has 208 valence electrons. The number of Topliss-reactive ketones (excluding diaryl/α,β-unsaturated/α-hetero) is 1. The van der Waals surface area contributed by atoms with E-state index in [4.69, 9.17) is 0 Å². The number of aromatic nitrogens is 4. The molecule has 2 aliphatic rings. The van der Waals surface area contributed by atoms with Gasteiger partial charge in [-0.05, 0) is 72.6 Å². The van der Waals surface area contributed by atoms with Crippen LogP contribution in [0.3, 0.4) is 0 Å². The number of ketones is 1. The van der Waals surface area contributed by atoms with Gasteiger partial charge < -0.3 is 9.13 Å². The maximum Gasteiger partial charge on any atom is 0.187 e. The zero-order chi connectivity index (χ0) is 27.5. The zero-order valence-corrected chi connectivity index (χ0v) is 25.8.